The van der Waals surface area contributed by atoms with E-state index < -0.39 is 11.7 Å². The number of nitriles is 1. The third kappa shape index (κ3) is 2.93. The highest BCUT2D eigenvalue weighted by Crippen LogP contribution is 2.35. The molecule has 2 rings (SSSR count). The van der Waals surface area contributed by atoms with E-state index in [1.54, 1.807) is 11.0 Å². The van der Waals surface area contributed by atoms with Crippen LogP contribution in [0.1, 0.15) is 24.0 Å². The van der Waals surface area contributed by atoms with Crippen LogP contribution in [0.25, 0.3) is 0 Å². The van der Waals surface area contributed by atoms with Crippen LogP contribution in [0.3, 0.4) is 0 Å². The van der Waals surface area contributed by atoms with Crippen LogP contribution in [-0.2, 0) is 11.0 Å². The molecule has 0 saturated carbocycles. The molecule has 3 nitrogen and oxygen atoms in total. The maximum Gasteiger partial charge on any atom is 0.417 e. The first-order chi connectivity index (χ1) is 9.45. The number of nitrogens with zero attached hydrogens (tertiary/aromatic N) is 2. The normalized spacial score (nSPS) is 19.5. The lowest BCUT2D eigenvalue weighted by Gasteiger charge is -2.32. The molecule has 0 radical (unpaired) electrons. The highest BCUT2D eigenvalue weighted by Gasteiger charge is 2.34. The quantitative estimate of drug-likeness (QED) is 0.783. The molecule has 106 valence electrons. The Morgan fingerprint density at radius 3 is 2.75 bits per heavy atom. The average Bonchev–Trinajstić information content (AvgIpc) is 2.45. The molecular weight excluding hydrogens is 269 g/mol. The number of carbonyl (C=O) groups is 1. The first-order valence-corrected chi connectivity index (χ1v) is 6.27. The molecule has 1 aromatic rings. The van der Waals surface area contributed by atoms with Crippen LogP contribution in [0.4, 0.5) is 18.9 Å². The summed E-state index contributed by atoms with van der Waals surface area (Å²) in [5, 5.41) is 8.75. The standard InChI is InChI=1S/C14H13F3N2O/c15-14(16,17)13-6-12(4-3-11(13)7-18)19-5-1-2-10(8-19)9-20/h3-4,6,9-10H,1-2,5,8H2. The van der Waals surface area contributed by atoms with E-state index in [2.05, 4.69) is 0 Å². The van der Waals surface area contributed by atoms with Gasteiger partial charge < -0.3 is 9.69 Å². The molecule has 1 fully saturated rings. The van der Waals surface area contributed by atoms with Crippen molar-refractivity contribution in [1.82, 2.24) is 0 Å². The van der Waals surface area contributed by atoms with Gasteiger partial charge in [0.1, 0.15) is 6.29 Å². The molecule has 0 amide bonds. The van der Waals surface area contributed by atoms with E-state index in [9.17, 15) is 18.0 Å². The molecule has 1 unspecified atom stereocenters. The van der Waals surface area contributed by atoms with Gasteiger partial charge in [0.2, 0.25) is 0 Å². The Kier molecular flexibility index (Phi) is 3.98. The minimum absolute atomic E-state index is 0.145. The van der Waals surface area contributed by atoms with Gasteiger partial charge in [-0.3, -0.25) is 0 Å². The predicted molar refractivity (Wildman–Crippen MR) is 67.2 cm³/mol. The lowest BCUT2D eigenvalue weighted by Crippen LogP contribution is -2.36. The minimum atomic E-state index is -4.55. The topological polar surface area (TPSA) is 44.1 Å². The van der Waals surface area contributed by atoms with Gasteiger partial charge in [0.05, 0.1) is 17.2 Å². The first kappa shape index (κ1) is 14.4. The van der Waals surface area contributed by atoms with E-state index in [0.717, 1.165) is 25.2 Å². The average molecular weight is 282 g/mol. The Morgan fingerprint density at radius 2 is 2.15 bits per heavy atom. The summed E-state index contributed by atoms with van der Waals surface area (Å²) in [6.07, 6.45) is -2.17. The van der Waals surface area contributed by atoms with Crippen LogP contribution >= 0.6 is 0 Å². The van der Waals surface area contributed by atoms with Gasteiger partial charge in [-0.2, -0.15) is 18.4 Å². The maximum atomic E-state index is 12.9. The van der Waals surface area contributed by atoms with Gasteiger partial charge >= 0.3 is 6.18 Å². The third-order valence-electron chi connectivity index (χ3n) is 3.44. The summed E-state index contributed by atoms with van der Waals surface area (Å²) < 4.78 is 38.7. The zero-order valence-corrected chi connectivity index (χ0v) is 10.7. The van der Waals surface area contributed by atoms with Gasteiger partial charge in [0.15, 0.2) is 0 Å². The van der Waals surface area contributed by atoms with Crippen molar-refractivity contribution in [3.05, 3.63) is 29.3 Å². The first-order valence-electron chi connectivity index (χ1n) is 6.27. The van der Waals surface area contributed by atoms with E-state index in [1.807, 2.05) is 0 Å². The summed E-state index contributed by atoms with van der Waals surface area (Å²) in [5.74, 6) is -0.145. The Morgan fingerprint density at radius 1 is 1.40 bits per heavy atom. The number of halogens is 3. The highest BCUT2D eigenvalue weighted by atomic mass is 19.4. The molecule has 1 heterocycles. The molecule has 0 bridgehead atoms. The molecule has 0 N–H and O–H groups in total. The largest absolute Gasteiger partial charge is 0.417 e. The number of benzene rings is 1. The van der Waals surface area contributed by atoms with Crippen molar-refractivity contribution in [1.29, 1.82) is 5.26 Å². The Bertz CT molecular complexity index is 548. The molecule has 1 aliphatic heterocycles. The molecule has 1 atom stereocenters. The molecule has 0 spiro atoms. The number of anilines is 1. The molecule has 6 heteroatoms. The highest BCUT2D eigenvalue weighted by molar-refractivity contribution is 5.59. The van der Waals surface area contributed by atoms with Crippen molar-refractivity contribution in [2.45, 2.75) is 19.0 Å². The lowest BCUT2D eigenvalue weighted by molar-refractivity contribution is -0.137. The summed E-state index contributed by atoms with van der Waals surface area (Å²) in [6, 6.07) is 5.23. The van der Waals surface area contributed by atoms with Gasteiger partial charge in [-0.25, -0.2) is 0 Å². The molecular formula is C14H13F3N2O. The Balaban J connectivity index is 2.34. The molecule has 1 saturated heterocycles. The minimum Gasteiger partial charge on any atom is -0.371 e. The third-order valence-corrected chi connectivity index (χ3v) is 3.44. The van der Waals surface area contributed by atoms with Gasteiger partial charge in [-0.15, -0.1) is 0 Å². The fraction of sp³-hybridized carbons (Fsp3) is 0.429. The number of hydrogen-bond donors (Lipinski definition) is 0. The number of alkyl halides is 3. The molecule has 1 aromatic carbocycles. The van der Waals surface area contributed by atoms with Gasteiger partial charge in [-0.1, -0.05) is 0 Å². The summed E-state index contributed by atoms with van der Waals surface area (Å²) in [5.41, 5.74) is -0.904. The molecule has 1 aliphatic rings. The van der Waals surface area contributed by atoms with E-state index in [1.165, 1.54) is 12.1 Å². The maximum absolute atomic E-state index is 12.9. The van der Waals surface area contributed by atoms with Gasteiger partial charge in [0.25, 0.3) is 0 Å². The van der Waals surface area contributed by atoms with Crippen molar-refractivity contribution in [3.63, 3.8) is 0 Å². The smallest absolute Gasteiger partial charge is 0.371 e. The fourth-order valence-corrected chi connectivity index (χ4v) is 2.42. The SMILES string of the molecule is N#Cc1ccc(N2CCCC(C=O)C2)cc1C(F)(F)F. The zero-order valence-electron chi connectivity index (χ0n) is 10.7. The van der Waals surface area contributed by atoms with Crippen molar-refractivity contribution in [3.8, 4) is 6.07 Å². The molecule has 0 aliphatic carbocycles. The second-order valence-electron chi connectivity index (χ2n) is 4.82. The van der Waals surface area contributed by atoms with E-state index >= 15 is 0 Å². The van der Waals surface area contributed by atoms with Crippen LogP contribution in [-0.4, -0.2) is 19.4 Å². The van der Waals surface area contributed by atoms with E-state index in [4.69, 9.17) is 5.26 Å². The fourth-order valence-electron chi connectivity index (χ4n) is 2.42. The van der Waals surface area contributed by atoms with Crippen LogP contribution < -0.4 is 4.90 Å². The van der Waals surface area contributed by atoms with Crippen LogP contribution in [0.5, 0.6) is 0 Å². The Hall–Kier alpha value is -2.03. The number of piperidine rings is 1. The molecule has 0 aromatic heterocycles. The van der Waals surface area contributed by atoms with E-state index in [-0.39, 0.29) is 11.5 Å². The number of rotatable bonds is 2. The summed E-state index contributed by atoms with van der Waals surface area (Å²) in [7, 11) is 0. The van der Waals surface area contributed by atoms with E-state index in [0.29, 0.717) is 18.8 Å². The van der Waals surface area contributed by atoms with Crippen LogP contribution in [0.2, 0.25) is 0 Å². The van der Waals surface area contributed by atoms with Crippen molar-refractivity contribution < 1.29 is 18.0 Å². The van der Waals surface area contributed by atoms with Gasteiger partial charge in [0, 0.05) is 24.7 Å². The lowest BCUT2D eigenvalue weighted by atomic mass is 9.98. The van der Waals surface area contributed by atoms with Gasteiger partial charge in [-0.05, 0) is 31.0 Å². The second-order valence-corrected chi connectivity index (χ2v) is 4.82. The predicted octanol–water partition coefficient (Wildman–Crippen LogP) is 2.99. The summed E-state index contributed by atoms with van der Waals surface area (Å²) in [4.78, 5) is 12.6. The number of carbonyl (C=O) groups excluding carboxylic acids is 1. The Labute approximate surface area is 114 Å². The zero-order chi connectivity index (χ0) is 14.8. The summed E-state index contributed by atoms with van der Waals surface area (Å²) in [6.45, 7) is 1.04. The number of aldehydes is 1. The van der Waals surface area contributed by atoms with Crippen molar-refractivity contribution in [2.75, 3.05) is 18.0 Å². The van der Waals surface area contributed by atoms with Crippen LogP contribution in [0.15, 0.2) is 18.2 Å². The monoisotopic (exact) mass is 282 g/mol. The summed E-state index contributed by atoms with van der Waals surface area (Å²) >= 11 is 0. The van der Waals surface area contributed by atoms with Crippen molar-refractivity contribution >= 4 is 12.0 Å². The number of hydrogen-bond acceptors (Lipinski definition) is 3. The van der Waals surface area contributed by atoms with Crippen molar-refractivity contribution in [2.24, 2.45) is 5.92 Å². The second kappa shape index (κ2) is 5.53. The molecule has 20 heavy (non-hydrogen) atoms. The van der Waals surface area contributed by atoms with Crippen LogP contribution in [0, 0.1) is 17.2 Å².